The first kappa shape index (κ1) is 19.4. The Morgan fingerprint density at radius 1 is 0.938 bits per heavy atom. The second-order valence-corrected chi connectivity index (χ2v) is 9.27. The first-order chi connectivity index (χ1) is 15.7. The van der Waals surface area contributed by atoms with E-state index in [0.717, 1.165) is 53.4 Å². The van der Waals surface area contributed by atoms with Gasteiger partial charge in [-0.1, -0.05) is 37.3 Å². The number of aromatic amines is 1. The van der Waals surface area contributed by atoms with Crippen molar-refractivity contribution in [3.63, 3.8) is 0 Å². The van der Waals surface area contributed by atoms with E-state index in [-0.39, 0.29) is 5.82 Å². The number of imidazole rings is 1. The average Bonchev–Trinajstić information content (AvgIpc) is 3.28. The molecule has 0 saturated heterocycles. The lowest BCUT2D eigenvalue weighted by atomic mass is 9.73. The largest absolute Gasteiger partial charge is 0.342 e. The molecule has 4 heteroatoms. The lowest BCUT2D eigenvalue weighted by Gasteiger charge is -2.32. The quantitative estimate of drug-likeness (QED) is 0.327. The summed E-state index contributed by atoms with van der Waals surface area (Å²) in [5.41, 5.74) is 4.32. The second kappa shape index (κ2) is 7.70. The maximum atomic E-state index is 13.9. The van der Waals surface area contributed by atoms with Crippen LogP contribution >= 0.6 is 0 Å². The molecule has 0 spiro atoms. The minimum absolute atomic E-state index is 0.188. The highest BCUT2D eigenvalue weighted by molar-refractivity contribution is 6.04. The van der Waals surface area contributed by atoms with Crippen molar-refractivity contribution < 1.29 is 4.39 Å². The molecule has 0 bridgehead atoms. The van der Waals surface area contributed by atoms with Gasteiger partial charge in [-0.15, -0.1) is 0 Å². The summed E-state index contributed by atoms with van der Waals surface area (Å²) < 4.78 is 13.9. The first-order valence-corrected chi connectivity index (χ1v) is 11.6. The zero-order valence-corrected chi connectivity index (χ0v) is 18.2. The molecule has 1 saturated carbocycles. The van der Waals surface area contributed by atoms with Gasteiger partial charge in [-0.25, -0.2) is 9.37 Å². The van der Waals surface area contributed by atoms with Crippen molar-refractivity contribution in [3.8, 4) is 0 Å². The summed E-state index contributed by atoms with van der Waals surface area (Å²) in [6.45, 7) is 2.31. The van der Waals surface area contributed by atoms with Gasteiger partial charge in [0, 0.05) is 22.9 Å². The summed E-state index contributed by atoms with van der Waals surface area (Å²) >= 11 is 0. The molecule has 0 radical (unpaired) electrons. The van der Waals surface area contributed by atoms with Crippen molar-refractivity contribution in [3.05, 3.63) is 84.1 Å². The van der Waals surface area contributed by atoms with Crippen molar-refractivity contribution in [2.45, 2.75) is 44.4 Å². The third-order valence-electron chi connectivity index (χ3n) is 7.48. The van der Waals surface area contributed by atoms with Crippen molar-refractivity contribution in [1.82, 2.24) is 15.0 Å². The lowest BCUT2D eigenvalue weighted by molar-refractivity contribution is 0.286. The van der Waals surface area contributed by atoms with Crippen LogP contribution in [0.5, 0.6) is 0 Å². The number of pyridine rings is 1. The van der Waals surface area contributed by atoms with Crippen molar-refractivity contribution in [2.75, 3.05) is 0 Å². The van der Waals surface area contributed by atoms with E-state index >= 15 is 0 Å². The number of H-pyrrole nitrogens is 1. The van der Waals surface area contributed by atoms with Gasteiger partial charge >= 0.3 is 0 Å². The smallest absolute Gasteiger partial charge is 0.123 e. The van der Waals surface area contributed by atoms with E-state index in [9.17, 15) is 4.39 Å². The van der Waals surface area contributed by atoms with Crippen molar-refractivity contribution in [2.24, 2.45) is 5.92 Å². The van der Waals surface area contributed by atoms with Gasteiger partial charge < -0.3 is 4.98 Å². The third kappa shape index (κ3) is 3.26. The van der Waals surface area contributed by atoms with Gasteiger partial charge in [-0.3, -0.25) is 4.98 Å². The molecule has 1 fully saturated rings. The summed E-state index contributed by atoms with van der Waals surface area (Å²) in [7, 11) is 0. The van der Waals surface area contributed by atoms with E-state index in [1.54, 1.807) is 12.1 Å². The molecule has 0 aliphatic heterocycles. The van der Waals surface area contributed by atoms with Gasteiger partial charge in [0.2, 0.25) is 0 Å². The second-order valence-electron chi connectivity index (χ2n) is 9.27. The number of rotatable bonds is 3. The van der Waals surface area contributed by atoms with E-state index in [1.807, 2.05) is 6.20 Å². The standard InChI is InChI=1S/C28H26FN3/c1-17(28-31-26-12-10-19-4-2-3-5-23(19)27(26)32-28)18-6-8-20(9-7-18)22-14-15-30-25-13-11-21(29)16-24(22)25/h2-5,10-18,20H,6-9H2,1H3,(H,31,32)/t17?,18-,20+. The molecule has 5 aromatic rings. The first-order valence-electron chi connectivity index (χ1n) is 11.6. The molecule has 6 rings (SSSR count). The van der Waals surface area contributed by atoms with Crippen LogP contribution in [0.2, 0.25) is 0 Å². The molecule has 32 heavy (non-hydrogen) atoms. The van der Waals surface area contributed by atoms with Crippen LogP contribution < -0.4 is 0 Å². The van der Waals surface area contributed by atoms with Gasteiger partial charge in [0.25, 0.3) is 0 Å². The summed E-state index contributed by atoms with van der Waals surface area (Å²) in [6.07, 6.45) is 6.41. The van der Waals surface area contributed by atoms with Crippen LogP contribution in [0.25, 0.3) is 32.7 Å². The van der Waals surface area contributed by atoms with Crippen LogP contribution in [-0.4, -0.2) is 15.0 Å². The molecular formula is C28H26FN3. The van der Waals surface area contributed by atoms with Gasteiger partial charge in [-0.05, 0) is 78.8 Å². The van der Waals surface area contributed by atoms with E-state index in [1.165, 1.54) is 22.4 Å². The molecule has 1 aliphatic rings. The molecular weight excluding hydrogens is 397 g/mol. The fraction of sp³-hybridized carbons (Fsp3) is 0.286. The van der Waals surface area contributed by atoms with Crippen LogP contribution in [-0.2, 0) is 0 Å². The highest BCUT2D eigenvalue weighted by Crippen LogP contribution is 2.43. The summed E-state index contributed by atoms with van der Waals surface area (Å²) in [6, 6.07) is 19.8. The molecule has 3 nitrogen and oxygen atoms in total. The monoisotopic (exact) mass is 423 g/mol. The summed E-state index contributed by atoms with van der Waals surface area (Å²) in [5, 5.41) is 3.40. The number of aromatic nitrogens is 3. The SMILES string of the molecule is CC(c1nc2c(ccc3ccccc32)[nH]1)[C@H]1CC[C@@H](c2ccnc3ccc(F)cc32)CC1. The van der Waals surface area contributed by atoms with Crippen molar-refractivity contribution >= 4 is 32.7 Å². The Morgan fingerprint density at radius 2 is 1.78 bits per heavy atom. The highest BCUT2D eigenvalue weighted by Gasteiger charge is 2.29. The van der Waals surface area contributed by atoms with Crippen molar-refractivity contribution in [1.29, 1.82) is 0 Å². The minimum Gasteiger partial charge on any atom is -0.342 e. The van der Waals surface area contributed by atoms with E-state index < -0.39 is 0 Å². The number of fused-ring (bicyclic) bond motifs is 4. The predicted octanol–water partition coefficient (Wildman–Crippen LogP) is 7.48. The molecule has 2 heterocycles. The number of nitrogens with zero attached hydrogens (tertiary/aromatic N) is 2. The lowest BCUT2D eigenvalue weighted by Crippen LogP contribution is -2.19. The Balaban J connectivity index is 1.24. The van der Waals surface area contributed by atoms with Crippen LogP contribution in [0.4, 0.5) is 4.39 Å². The molecule has 1 unspecified atom stereocenters. The normalized spacial score (nSPS) is 20.2. The molecule has 2 aromatic heterocycles. The maximum Gasteiger partial charge on any atom is 0.123 e. The number of nitrogens with one attached hydrogen (secondary N) is 1. The third-order valence-corrected chi connectivity index (χ3v) is 7.48. The Morgan fingerprint density at radius 3 is 2.66 bits per heavy atom. The Kier molecular flexibility index (Phi) is 4.67. The van der Waals surface area contributed by atoms with Crippen LogP contribution in [0.15, 0.2) is 66.9 Å². The highest BCUT2D eigenvalue weighted by atomic mass is 19.1. The Labute approximate surface area is 186 Å². The molecule has 1 N–H and O–H groups in total. The van der Waals surface area contributed by atoms with E-state index in [0.29, 0.717) is 17.8 Å². The Bertz CT molecular complexity index is 1430. The van der Waals surface area contributed by atoms with Crippen LogP contribution in [0.1, 0.15) is 55.8 Å². The molecule has 0 amide bonds. The van der Waals surface area contributed by atoms with E-state index in [4.69, 9.17) is 4.98 Å². The molecule has 1 atom stereocenters. The van der Waals surface area contributed by atoms with Crippen LogP contribution in [0, 0.1) is 11.7 Å². The zero-order valence-electron chi connectivity index (χ0n) is 18.2. The van der Waals surface area contributed by atoms with Gasteiger partial charge in [0.15, 0.2) is 0 Å². The van der Waals surface area contributed by atoms with Gasteiger partial charge in [0.05, 0.1) is 16.6 Å². The zero-order chi connectivity index (χ0) is 21.7. The maximum absolute atomic E-state index is 13.9. The van der Waals surface area contributed by atoms with E-state index in [2.05, 4.69) is 59.4 Å². The summed E-state index contributed by atoms with van der Waals surface area (Å²) in [5.74, 6) is 2.35. The molecule has 1 aliphatic carbocycles. The number of hydrogen-bond donors (Lipinski definition) is 1. The van der Waals surface area contributed by atoms with Gasteiger partial charge in [0.1, 0.15) is 11.6 Å². The number of benzene rings is 3. The fourth-order valence-corrected chi connectivity index (χ4v) is 5.63. The minimum atomic E-state index is -0.188. The topological polar surface area (TPSA) is 41.6 Å². The summed E-state index contributed by atoms with van der Waals surface area (Å²) in [4.78, 5) is 13.1. The molecule has 3 aromatic carbocycles. The number of hydrogen-bond acceptors (Lipinski definition) is 2. The molecule has 160 valence electrons. The Hall–Kier alpha value is -3.27. The average molecular weight is 424 g/mol. The van der Waals surface area contributed by atoms with Gasteiger partial charge in [-0.2, -0.15) is 0 Å². The predicted molar refractivity (Wildman–Crippen MR) is 128 cm³/mol. The number of halogens is 1. The fourth-order valence-electron chi connectivity index (χ4n) is 5.63. The van der Waals surface area contributed by atoms with Crippen LogP contribution in [0.3, 0.4) is 0 Å².